The lowest BCUT2D eigenvalue weighted by Gasteiger charge is -2.27. The second kappa shape index (κ2) is 4.26. The van der Waals surface area contributed by atoms with Crippen LogP contribution in [-0.4, -0.2) is 10.2 Å². The van der Waals surface area contributed by atoms with E-state index in [1.165, 1.54) is 6.07 Å². The number of phenols is 2. The molecule has 3 heteroatoms. The highest BCUT2D eigenvalue weighted by Gasteiger charge is 2.23. The monoisotopic (exact) mass is 242 g/mol. The molecule has 0 radical (unpaired) electrons. The SMILES string of the molecule is Oc1cc(O)c2c(c1)O[C@@H](c1ccccc1)CC2. The molecule has 2 N–H and O–H groups in total. The second-order valence-corrected chi connectivity index (χ2v) is 4.50. The van der Waals surface area contributed by atoms with Crippen LogP contribution < -0.4 is 4.74 Å². The first-order chi connectivity index (χ1) is 8.74. The van der Waals surface area contributed by atoms with Gasteiger partial charge in [-0.15, -0.1) is 0 Å². The maximum atomic E-state index is 9.75. The Morgan fingerprint density at radius 1 is 1.06 bits per heavy atom. The molecular weight excluding hydrogens is 228 g/mol. The zero-order chi connectivity index (χ0) is 12.5. The molecule has 3 nitrogen and oxygen atoms in total. The van der Waals surface area contributed by atoms with Crippen LogP contribution in [0.25, 0.3) is 0 Å². The number of ether oxygens (including phenoxy) is 1. The van der Waals surface area contributed by atoms with Gasteiger partial charge in [-0.05, 0) is 18.4 Å². The van der Waals surface area contributed by atoms with Crippen LogP contribution >= 0.6 is 0 Å². The average molecular weight is 242 g/mol. The van der Waals surface area contributed by atoms with E-state index in [0.717, 1.165) is 24.0 Å². The van der Waals surface area contributed by atoms with Crippen molar-refractivity contribution in [2.75, 3.05) is 0 Å². The van der Waals surface area contributed by atoms with Crippen molar-refractivity contribution in [3.63, 3.8) is 0 Å². The molecule has 18 heavy (non-hydrogen) atoms. The van der Waals surface area contributed by atoms with Gasteiger partial charge in [-0.3, -0.25) is 0 Å². The third-order valence-electron chi connectivity index (χ3n) is 3.27. The van der Waals surface area contributed by atoms with E-state index >= 15 is 0 Å². The molecule has 0 spiro atoms. The predicted molar refractivity (Wildman–Crippen MR) is 67.9 cm³/mol. The molecule has 2 aromatic carbocycles. The molecule has 2 aromatic rings. The lowest BCUT2D eigenvalue weighted by atomic mass is 9.97. The predicted octanol–water partition coefficient (Wildman–Crippen LogP) is 3.16. The third kappa shape index (κ3) is 1.88. The first kappa shape index (κ1) is 11.0. The Labute approximate surface area is 105 Å². The highest BCUT2D eigenvalue weighted by molar-refractivity contribution is 5.50. The largest absolute Gasteiger partial charge is 0.508 e. The van der Waals surface area contributed by atoms with E-state index < -0.39 is 0 Å². The Hall–Kier alpha value is -2.16. The van der Waals surface area contributed by atoms with Gasteiger partial charge in [-0.25, -0.2) is 0 Å². The zero-order valence-electron chi connectivity index (χ0n) is 9.84. The standard InChI is InChI=1S/C15H14O3/c16-11-8-13(17)12-6-7-14(18-15(12)9-11)10-4-2-1-3-5-10/h1-5,8-9,14,16-17H,6-7H2/t14-/m1/s1. The van der Waals surface area contributed by atoms with Crippen LogP contribution in [0.15, 0.2) is 42.5 Å². The molecular formula is C15H14O3. The van der Waals surface area contributed by atoms with E-state index in [4.69, 9.17) is 4.74 Å². The van der Waals surface area contributed by atoms with Gasteiger partial charge in [-0.2, -0.15) is 0 Å². The lowest BCUT2D eigenvalue weighted by Crippen LogP contribution is -2.15. The number of benzene rings is 2. The number of fused-ring (bicyclic) bond motifs is 1. The van der Waals surface area contributed by atoms with Gasteiger partial charge in [0.05, 0.1) is 0 Å². The molecule has 1 aliphatic heterocycles. The van der Waals surface area contributed by atoms with Crippen LogP contribution in [0.1, 0.15) is 23.7 Å². The maximum Gasteiger partial charge on any atom is 0.130 e. The summed E-state index contributed by atoms with van der Waals surface area (Å²) in [4.78, 5) is 0. The van der Waals surface area contributed by atoms with Gasteiger partial charge >= 0.3 is 0 Å². The molecule has 0 saturated heterocycles. The molecule has 0 aliphatic carbocycles. The van der Waals surface area contributed by atoms with Crippen molar-refractivity contribution in [2.45, 2.75) is 18.9 Å². The van der Waals surface area contributed by atoms with Crippen molar-refractivity contribution in [2.24, 2.45) is 0 Å². The fourth-order valence-corrected chi connectivity index (χ4v) is 2.36. The van der Waals surface area contributed by atoms with Gasteiger partial charge in [0.25, 0.3) is 0 Å². The van der Waals surface area contributed by atoms with Crippen LogP contribution in [0.4, 0.5) is 0 Å². The molecule has 3 rings (SSSR count). The fraction of sp³-hybridized carbons (Fsp3) is 0.200. The van der Waals surface area contributed by atoms with E-state index in [0.29, 0.717) is 5.75 Å². The number of rotatable bonds is 1. The van der Waals surface area contributed by atoms with Crippen LogP contribution in [0.5, 0.6) is 17.2 Å². The van der Waals surface area contributed by atoms with Crippen LogP contribution in [0, 0.1) is 0 Å². The van der Waals surface area contributed by atoms with Crippen molar-refractivity contribution in [1.82, 2.24) is 0 Å². The number of aromatic hydroxyl groups is 2. The summed E-state index contributed by atoms with van der Waals surface area (Å²) < 4.78 is 5.86. The van der Waals surface area contributed by atoms with Crippen LogP contribution in [0.3, 0.4) is 0 Å². The first-order valence-corrected chi connectivity index (χ1v) is 6.00. The summed E-state index contributed by atoms with van der Waals surface area (Å²) in [6.07, 6.45) is 1.57. The molecule has 0 fully saturated rings. The Balaban J connectivity index is 1.94. The minimum atomic E-state index is -0.0140. The molecule has 0 bridgehead atoms. The minimum Gasteiger partial charge on any atom is -0.508 e. The van der Waals surface area contributed by atoms with E-state index in [1.807, 2.05) is 30.3 Å². The molecule has 1 aliphatic rings. The van der Waals surface area contributed by atoms with Gasteiger partial charge < -0.3 is 14.9 Å². The number of hydrogen-bond acceptors (Lipinski definition) is 3. The average Bonchev–Trinajstić information content (AvgIpc) is 2.39. The summed E-state index contributed by atoms with van der Waals surface area (Å²) in [6.45, 7) is 0. The van der Waals surface area contributed by atoms with E-state index in [2.05, 4.69) is 0 Å². The van der Waals surface area contributed by atoms with Gasteiger partial charge in [0, 0.05) is 17.7 Å². The molecule has 0 saturated carbocycles. The molecule has 1 heterocycles. The summed E-state index contributed by atoms with van der Waals surface area (Å²) in [5.74, 6) is 0.712. The van der Waals surface area contributed by atoms with Crippen molar-refractivity contribution in [3.05, 3.63) is 53.6 Å². The van der Waals surface area contributed by atoms with Gasteiger partial charge in [0.1, 0.15) is 23.4 Å². The normalized spacial score (nSPS) is 17.9. The molecule has 92 valence electrons. The first-order valence-electron chi connectivity index (χ1n) is 6.00. The Morgan fingerprint density at radius 3 is 2.61 bits per heavy atom. The molecule has 1 atom stereocenters. The summed E-state index contributed by atoms with van der Waals surface area (Å²) >= 11 is 0. The molecule has 0 amide bonds. The van der Waals surface area contributed by atoms with Gasteiger partial charge in [-0.1, -0.05) is 30.3 Å². The topological polar surface area (TPSA) is 49.7 Å². The van der Waals surface area contributed by atoms with E-state index in [9.17, 15) is 10.2 Å². The van der Waals surface area contributed by atoms with Crippen molar-refractivity contribution >= 4 is 0 Å². The highest BCUT2D eigenvalue weighted by Crippen LogP contribution is 2.41. The van der Waals surface area contributed by atoms with Crippen LogP contribution in [0.2, 0.25) is 0 Å². The van der Waals surface area contributed by atoms with E-state index in [1.54, 1.807) is 6.07 Å². The van der Waals surface area contributed by atoms with Crippen molar-refractivity contribution < 1.29 is 14.9 Å². The lowest BCUT2D eigenvalue weighted by molar-refractivity contribution is 0.174. The maximum absolute atomic E-state index is 9.75. The minimum absolute atomic E-state index is 0.0140. The second-order valence-electron chi connectivity index (χ2n) is 4.50. The zero-order valence-corrected chi connectivity index (χ0v) is 9.84. The number of hydrogen-bond donors (Lipinski definition) is 2. The Morgan fingerprint density at radius 2 is 1.83 bits per heavy atom. The quantitative estimate of drug-likeness (QED) is 0.807. The summed E-state index contributed by atoms with van der Waals surface area (Å²) in [6, 6.07) is 12.9. The highest BCUT2D eigenvalue weighted by atomic mass is 16.5. The van der Waals surface area contributed by atoms with E-state index in [-0.39, 0.29) is 17.6 Å². The Kier molecular flexibility index (Phi) is 2.59. The summed E-state index contributed by atoms with van der Waals surface area (Å²) in [7, 11) is 0. The molecule has 0 unspecified atom stereocenters. The van der Waals surface area contributed by atoms with Crippen LogP contribution in [-0.2, 0) is 6.42 Å². The summed E-state index contributed by atoms with van der Waals surface area (Å²) in [5, 5.41) is 19.2. The summed E-state index contributed by atoms with van der Waals surface area (Å²) in [5.41, 5.74) is 1.89. The van der Waals surface area contributed by atoms with Crippen molar-refractivity contribution in [1.29, 1.82) is 0 Å². The van der Waals surface area contributed by atoms with Gasteiger partial charge in [0.15, 0.2) is 0 Å². The Bertz CT molecular complexity index is 563. The number of phenolic OH excluding ortho intramolecular Hbond substituents is 2. The smallest absolute Gasteiger partial charge is 0.130 e. The molecule has 0 aromatic heterocycles. The van der Waals surface area contributed by atoms with Crippen molar-refractivity contribution in [3.8, 4) is 17.2 Å². The van der Waals surface area contributed by atoms with Gasteiger partial charge in [0.2, 0.25) is 0 Å². The third-order valence-corrected chi connectivity index (χ3v) is 3.27. The fourth-order valence-electron chi connectivity index (χ4n) is 2.36.